The van der Waals surface area contributed by atoms with Gasteiger partial charge in [0.2, 0.25) is 0 Å². The molecule has 1 saturated heterocycles. The monoisotopic (exact) mass is 433 g/mol. The molecular formula is C26H31N3O3. The zero-order valence-electron chi connectivity index (χ0n) is 18.9. The van der Waals surface area contributed by atoms with Crippen LogP contribution in [-0.2, 0) is 24.1 Å². The maximum absolute atomic E-state index is 13.6. The van der Waals surface area contributed by atoms with Gasteiger partial charge in [-0.25, -0.2) is 4.68 Å². The molecule has 0 bridgehead atoms. The molecule has 4 rings (SSSR count). The number of ether oxygens (including phenoxy) is 1. The second-order valence-corrected chi connectivity index (χ2v) is 8.43. The lowest BCUT2D eigenvalue weighted by Gasteiger charge is -2.26. The summed E-state index contributed by atoms with van der Waals surface area (Å²) < 4.78 is 7.02. The minimum atomic E-state index is -0.0743. The highest BCUT2D eigenvalue weighted by atomic mass is 16.5. The lowest BCUT2D eigenvalue weighted by molar-refractivity contribution is 0.0357. The van der Waals surface area contributed by atoms with Crippen molar-refractivity contribution in [2.75, 3.05) is 32.8 Å². The lowest BCUT2D eigenvalue weighted by atomic mass is 9.94. The number of benzene rings is 2. The van der Waals surface area contributed by atoms with E-state index in [0.717, 1.165) is 50.5 Å². The summed E-state index contributed by atoms with van der Waals surface area (Å²) in [7, 11) is 0. The van der Waals surface area contributed by atoms with E-state index in [1.165, 1.54) is 11.1 Å². The van der Waals surface area contributed by atoms with E-state index in [4.69, 9.17) is 4.74 Å². The first-order valence-corrected chi connectivity index (χ1v) is 11.3. The smallest absolute Gasteiger partial charge is 0.270 e. The molecule has 1 aliphatic heterocycles. The highest BCUT2D eigenvalue weighted by Crippen LogP contribution is 2.32. The molecule has 1 N–H and O–H groups in total. The van der Waals surface area contributed by atoms with Crippen molar-refractivity contribution >= 4 is 0 Å². The standard InChI is InChI=1S/C26H31N3O3/c1-19-6-5-7-21(18-19)10-11-23-25(22-8-3-4-9-24(22)30)20(2)27-29(26(23)31)13-12-28-14-16-32-17-15-28/h3-9,18,30H,10-17H2,1-2H3. The molecule has 1 fully saturated rings. The molecule has 0 radical (unpaired) electrons. The van der Waals surface area contributed by atoms with Crippen molar-refractivity contribution in [1.82, 2.24) is 14.7 Å². The van der Waals surface area contributed by atoms with Crippen LogP contribution in [0.3, 0.4) is 0 Å². The number of hydrogen-bond acceptors (Lipinski definition) is 5. The largest absolute Gasteiger partial charge is 0.507 e. The Bertz CT molecular complexity index is 1130. The van der Waals surface area contributed by atoms with Gasteiger partial charge in [0.15, 0.2) is 0 Å². The normalized spacial score (nSPS) is 14.6. The Kier molecular flexibility index (Phi) is 7.02. The van der Waals surface area contributed by atoms with Gasteiger partial charge < -0.3 is 9.84 Å². The van der Waals surface area contributed by atoms with E-state index in [1.807, 2.05) is 25.1 Å². The van der Waals surface area contributed by atoms with Gasteiger partial charge in [0, 0.05) is 36.3 Å². The fraction of sp³-hybridized carbons (Fsp3) is 0.385. The third-order valence-electron chi connectivity index (χ3n) is 6.08. The summed E-state index contributed by atoms with van der Waals surface area (Å²) in [5.74, 6) is 0.166. The minimum absolute atomic E-state index is 0.0743. The number of phenolic OH excluding ortho intramolecular Hbond substituents is 1. The number of aryl methyl sites for hydroxylation is 3. The maximum Gasteiger partial charge on any atom is 0.270 e. The Morgan fingerprint density at radius 3 is 2.53 bits per heavy atom. The van der Waals surface area contributed by atoms with Crippen LogP contribution in [0.25, 0.3) is 11.1 Å². The number of aromatic nitrogens is 2. The van der Waals surface area contributed by atoms with Crippen LogP contribution in [0.4, 0.5) is 0 Å². The van der Waals surface area contributed by atoms with E-state index < -0.39 is 0 Å². The van der Waals surface area contributed by atoms with Crippen LogP contribution in [-0.4, -0.2) is 52.6 Å². The molecule has 6 heteroatoms. The Labute approximate surface area is 189 Å². The van der Waals surface area contributed by atoms with Crippen LogP contribution in [0, 0.1) is 13.8 Å². The zero-order chi connectivity index (χ0) is 22.5. The molecule has 0 aliphatic carbocycles. The van der Waals surface area contributed by atoms with Crippen LogP contribution in [0.2, 0.25) is 0 Å². The predicted octanol–water partition coefficient (Wildman–Crippen LogP) is 3.35. The number of hydrogen-bond donors (Lipinski definition) is 1. The Morgan fingerprint density at radius 2 is 1.78 bits per heavy atom. The van der Waals surface area contributed by atoms with Crippen molar-refractivity contribution in [1.29, 1.82) is 0 Å². The SMILES string of the molecule is Cc1cccc(CCc2c(-c3ccccc3O)c(C)nn(CCN3CCOCC3)c2=O)c1. The fourth-order valence-electron chi connectivity index (χ4n) is 4.38. The molecule has 0 amide bonds. The topological polar surface area (TPSA) is 67.6 Å². The summed E-state index contributed by atoms with van der Waals surface area (Å²) in [6.07, 6.45) is 1.34. The molecule has 2 aromatic carbocycles. The number of para-hydroxylation sites is 1. The molecule has 0 atom stereocenters. The molecule has 32 heavy (non-hydrogen) atoms. The summed E-state index contributed by atoms with van der Waals surface area (Å²) in [5.41, 5.74) is 5.21. The van der Waals surface area contributed by atoms with Crippen LogP contribution in [0.1, 0.15) is 22.4 Å². The number of nitrogens with zero attached hydrogens (tertiary/aromatic N) is 3. The number of phenols is 1. The summed E-state index contributed by atoms with van der Waals surface area (Å²) in [6.45, 7) is 8.52. The van der Waals surface area contributed by atoms with Gasteiger partial charge in [-0.2, -0.15) is 5.10 Å². The summed E-state index contributed by atoms with van der Waals surface area (Å²) in [5, 5.41) is 15.2. The van der Waals surface area contributed by atoms with Gasteiger partial charge in [0.1, 0.15) is 5.75 Å². The zero-order valence-corrected chi connectivity index (χ0v) is 18.9. The van der Waals surface area contributed by atoms with Gasteiger partial charge >= 0.3 is 0 Å². The van der Waals surface area contributed by atoms with Gasteiger partial charge in [0.05, 0.1) is 25.5 Å². The van der Waals surface area contributed by atoms with Crippen LogP contribution in [0.5, 0.6) is 5.75 Å². The van der Waals surface area contributed by atoms with Crippen molar-refractivity contribution < 1.29 is 9.84 Å². The van der Waals surface area contributed by atoms with Crippen LogP contribution < -0.4 is 5.56 Å². The predicted molar refractivity (Wildman–Crippen MR) is 126 cm³/mol. The Morgan fingerprint density at radius 1 is 1.00 bits per heavy atom. The van der Waals surface area contributed by atoms with E-state index in [-0.39, 0.29) is 11.3 Å². The van der Waals surface area contributed by atoms with E-state index in [9.17, 15) is 9.90 Å². The summed E-state index contributed by atoms with van der Waals surface area (Å²) in [6, 6.07) is 15.6. The molecule has 168 valence electrons. The number of morpholine rings is 1. The fourth-order valence-corrected chi connectivity index (χ4v) is 4.38. The second kappa shape index (κ2) is 10.1. The lowest BCUT2D eigenvalue weighted by Crippen LogP contribution is -2.40. The van der Waals surface area contributed by atoms with Crippen molar-refractivity contribution in [2.24, 2.45) is 0 Å². The van der Waals surface area contributed by atoms with E-state index in [0.29, 0.717) is 24.1 Å². The third-order valence-corrected chi connectivity index (χ3v) is 6.08. The first-order valence-electron chi connectivity index (χ1n) is 11.3. The van der Waals surface area contributed by atoms with Gasteiger partial charge in [-0.1, -0.05) is 48.0 Å². The molecule has 2 heterocycles. The Hall–Kier alpha value is -2.96. The first-order chi connectivity index (χ1) is 15.5. The van der Waals surface area contributed by atoms with Crippen molar-refractivity contribution in [3.8, 4) is 16.9 Å². The van der Waals surface area contributed by atoms with Crippen LogP contribution in [0.15, 0.2) is 53.3 Å². The van der Waals surface area contributed by atoms with E-state index >= 15 is 0 Å². The molecular weight excluding hydrogens is 402 g/mol. The second-order valence-electron chi connectivity index (χ2n) is 8.43. The average molecular weight is 434 g/mol. The molecule has 1 aliphatic rings. The van der Waals surface area contributed by atoms with E-state index in [1.54, 1.807) is 16.8 Å². The first kappa shape index (κ1) is 22.2. The summed E-state index contributed by atoms with van der Waals surface area (Å²) >= 11 is 0. The van der Waals surface area contributed by atoms with Gasteiger partial charge in [-0.3, -0.25) is 9.69 Å². The van der Waals surface area contributed by atoms with Crippen molar-refractivity contribution in [3.05, 3.63) is 81.3 Å². The molecule has 0 saturated carbocycles. The molecule has 3 aromatic rings. The molecule has 0 unspecified atom stereocenters. The maximum atomic E-state index is 13.6. The van der Waals surface area contributed by atoms with Gasteiger partial charge in [-0.05, 0) is 38.3 Å². The highest BCUT2D eigenvalue weighted by molar-refractivity contribution is 5.74. The Balaban J connectivity index is 1.69. The third kappa shape index (κ3) is 5.09. The number of aromatic hydroxyl groups is 1. The molecule has 1 aromatic heterocycles. The van der Waals surface area contributed by atoms with Crippen LogP contribution >= 0.6 is 0 Å². The van der Waals surface area contributed by atoms with Gasteiger partial charge in [-0.15, -0.1) is 0 Å². The van der Waals surface area contributed by atoms with E-state index in [2.05, 4.69) is 35.1 Å². The van der Waals surface area contributed by atoms with Crippen molar-refractivity contribution in [3.63, 3.8) is 0 Å². The number of rotatable bonds is 7. The van der Waals surface area contributed by atoms with Gasteiger partial charge in [0.25, 0.3) is 5.56 Å². The van der Waals surface area contributed by atoms with Crippen molar-refractivity contribution in [2.45, 2.75) is 33.2 Å². The minimum Gasteiger partial charge on any atom is -0.507 e. The molecule has 6 nitrogen and oxygen atoms in total. The molecule has 0 spiro atoms. The summed E-state index contributed by atoms with van der Waals surface area (Å²) in [4.78, 5) is 15.9. The average Bonchev–Trinajstić information content (AvgIpc) is 2.80. The quantitative estimate of drug-likeness (QED) is 0.619. The highest BCUT2D eigenvalue weighted by Gasteiger charge is 2.20.